The van der Waals surface area contributed by atoms with E-state index in [1.54, 1.807) is 19.1 Å². The van der Waals surface area contributed by atoms with E-state index in [0.717, 1.165) is 5.56 Å². The van der Waals surface area contributed by atoms with E-state index in [4.69, 9.17) is 4.74 Å². The number of hydrogen-bond acceptors (Lipinski definition) is 2. The molecule has 0 aliphatic rings. The number of carbonyl (C=O) groups excluding carboxylic acids is 1. The third kappa shape index (κ3) is 3.22. The molecule has 16 heavy (non-hydrogen) atoms. The van der Waals surface area contributed by atoms with Gasteiger partial charge in [-0.1, -0.05) is 6.07 Å². The van der Waals surface area contributed by atoms with Gasteiger partial charge >= 0.3 is 0 Å². The number of hydrogen-bond donors (Lipinski definition) is 1. The van der Waals surface area contributed by atoms with E-state index in [0.29, 0.717) is 6.54 Å². The Labute approximate surface area is 94.6 Å². The van der Waals surface area contributed by atoms with E-state index in [1.807, 2.05) is 13.8 Å². The molecule has 1 amide bonds. The number of nitrogens with one attached hydrogen (secondary N) is 1. The van der Waals surface area contributed by atoms with E-state index >= 15 is 0 Å². The molecule has 0 bridgehead atoms. The van der Waals surface area contributed by atoms with Crippen LogP contribution in [0.15, 0.2) is 18.2 Å². The van der Waals surface area contributed by atoms with Crippen molar-refractivity contribution in [2.75, 3.05) is 6.54 Å². The van der Waals surface area contributed by atoms with Crippen LogP contribution in [0.5, 0.6) is 5.75 Å². The fourth-order valence-corrected chi connectivity index (χ4v) is 1.26. The summed E-state index contributed by atoms with van der Waals surface area (Å²) in [4.78, 5) is 11.4. The molecule has 0 saturated heterocycles. The van der Waals surface area contributed by atoms with Crippen molar-refractivity contribution >= 4 is 5.91 Å². The molecule has 3 nitrogen and oxygen atoms in total. The zero-order valence-electron chi connectivity index (χ0n) is 9.71. The Balaban J connectivity index is 2.72. The Bertz CT molecular complexity index is 379. The first-order valence-corrected chi connectivity index (χ1v) is 5.25. The van der Waals surface area contributed by atoms with Crippen molar-refractivity contribution in [3.05, 3.63) is 29.6 Å². The van der Waals surface area contributed by atoms with Gasteiger partial charge in [0.15, 0.2) is 17.7 Å². The Morgan fingerprint density at radius 2 is 2.25 bits per heavy atom. The second-order valence-corrected chi connectivity index (χ2v) is 3.59. The number of carbonyl (C=O) groups is 1. The first-order valence-electron chi connectivity index (χ1n) is 5.25. The van der Waals surface area contributed by atoms with Gasteiger partial charge in [-0.25, -0.2) is 4.39 Å². The van der Waals surface area contributed by atoms with Crippen molar-refractivity contribution in [1.82, 2.24) is 5.32 Å². The molecule has 1 unspecified atom stereocenters. The standard InChI is InChI=1S/C12H16FNO2/c1-4-14-12(15)9(3)16-11-7-8(2)5-6-10(11)13/h5-7,9H,4H2,1-3H3,(H,14,15). The second kappa shape index (κ2) is 5.49. The number of likely N-dealkylation sites (N-methyl/N-ethyl adjacent to an activating group) is 1. The predicted molar refractivity (Wildman–Crippen MR) is 59.9 cm³/mol. The molecule has 1 aromatic rings. The van der Waals surface area contributed by atoms with Gasteiger partial charge in [0, 0.05) is 6.54 Å². The van der Waals surface area contributed by atoms with Gasteiger partial charge < -0.3 is 10.1 Å². The van der Waals surface area contributed by atoms with Crippen LogP contribution in [-0.2, 0) is 4.79 Å². The topological polar surface area (TPSA) is 38.3 Å². The minimum Gasteiger partial charge on any atom is -0.478 e. The third-order valence-corrected chi connectivity index (χ3v) is 2.11. The minimum atomic E-state index is -0.698. The molecular formula is C12H16FNO2. The van der Waals surface area contributed by atoms with Crippen molar-refractivity contribution in [3.63, 3.8) is 0 Å². The van der Waals surface area contributed by atoms with Crippen LogP contribution < -0.4 is 10.1 Å². The average molecular weight is 225 g/mol. The normalized spacial score (nSPS) is 12.0. The molecule has 1 aromatic carbocycles. The highest BCUT2D eigenvalue weighted by Gasteiger charge is 2.15. The summed E-state index contributed by atoms with van der Waals surface area (Å²) in [5.74, 6) is -0.594. The molecule has 0 saturated carbocycles. The van der Waals surface area contributed by atoms with Crippen LogP contribution in [0, 0.1) is 12.7 Å². The zero-order chi connectivity index (χ0) is 12.1. The highest BCUT2D eigenvalue weighted by Crippen LogP contribution is 2.19. The molecule has 0 aliphatic heterocycles. The van der Waals surface area contributed by atoms with Gasteiger partial charge in [-0.2, -0.15) is 0 Å². The summed E-state index contributed by atoms with van der Waals surface area (Å²) in [7, 11) is 0. The van der Waals surface area contributed by atoms with Gasteiger partial charge in [0.1, 0.15) is 0 Å². The molecule has 0 aromatic heterocycles. The largest absolute Gasteiger partial charge is 0.478 e. The maximum absolute atomic E-state index is 13.3. The molecule has 0 radical (unpaired) electrons. The van der Waals surface area contributed by atoms with Crippen molar-refractivity contribution in [3.8, 4) is 5.75 Å². The molecule has 1 N–H and O–H groups in total. The lowest BCUT2D eigenvalue weighted by atomic mass is 10.2. The van der Waals surface area contributed by atoms with Crippen LogP contribution >= 0.6 is 0 Å². The maximum atomic E-state index is 13.3. The number of aryl methyl sites for hydroxylation is 1. The molecule has 4 heteroatoms. The van der Waals surface area contributed by atoms with Gasteiger partial charge in [0.25, 0.3) is 5.91 Å². The molecule has 0 heterocycles. The van der Waals surface area contributed by atoms with Crippen molar-refractivity contribution in [2.45, 2.75) is 26.9 Å². The number of ether oxygens (including phenoxy) is 1. The highest BCUT2D eigenvalue weighted by atomic mass is 19.1. The lowest BCUT2D eigenvalue weighted by molar-refractivity contribution is -0.127. The first kappa shape index (κ1) is 12.5. The summed E-state index contributed by atoms with van der Waals surface area (Å²) in [5, 5.41) is 2.61. The van der Waals surface area contributed by atoms with E-state index in [2.05, 4.69) is 5.32 Å². The molecule has 1 rings (SSSR count). The molecule has 0 aliphatic carbocycles. The van der Waals surface area contributed by atoms with Gasteiger partial charge in [-0.3, -0.25) is 4.79 Å². The van der Waals surface area contributed by atoms with Crippen molar-refractivity contribution in [2.24, 2.45) is 0 Å². The number of amides is 1. The monoisotopic (exact) mass is 225 g/mol. The molecule has 0 fully saturated rings. The summed E-state index contributed by atoms with van der Waals surface area (Å²) in [6.45, 7) is 5.77. The van der Waals surface area contributed by atoms with Crippen LogP contribution in [0.1, 0.15) is 19.4 Å². The van der Waals surface area contributed by atoms with Crippen molar-refractivity contribution < 1.29 is 13.9 Å². The van der Waals surface area contributed by atoms with Crippen LogP contribution in [0.4, 0.5) is 4.39 Å². The Morgan fingerprint density at radius 3 is 2.88 bits per heavy atom. The summed E-state index contributed by atoms with van der Waals surface area (Å²) in [6.07, 6.45) is -0.698. The molecular weight excluding hydrogens is 209 g/mol. The van der Waals surface area contributed by atoms with Gasteiger partial charge in [0.05, 0.1) is 0 Å². The minimum absolute atomic E-state index is 0.110. The van der Waals surface area contributed by atoms with E-state index in [9.17, 15) is 9.18 Å². The van der Waals surface area contributed by atoms with Crippen LogP contribution in [-0.4, -0.2) is 18.6 Å². The van der Waals surface area contributed by atoms with Crippen molar-refractivity contribution in [1.29, 1.82) is 0 Å². The maximum Gasteiger partial charge on any atom is 0.260 e. The quantitative estimate of drug-likeness (QED) is 0.851. The first-order chi connectivity index (χ1) is 7.54. The van der Waals surface area contributed by atoms with E-state index in [-0.39, 0.29) is 11.7 Å². The number of halogens is 1. The summed E-state index contributed by atoms with van der Waals surface area (Å²) in [5.41, 5.74) is 0.888. The lowest BCUT2D eigenvalue weighted by Crippen LogP contribution is -2.36. The second-order valence-electron chi connectivity index (χ2n) is 3.59. The lowest BCUT2D eigenvalue weighted by Gasteiger charge is -2.14. The van der Waals surface area contributed by atoms with Crippen LogP contribution in [0.25, 0.3) is 0 Å². The fourth-order valence-electron chi connectivity index (χ4n) is 1.26. The SMILES string of the molecule is CCNC(=O)C(C)Oc1cc(C)ccc1F. The highest BCUT2D eigenvalue weighted by molar-refractivity contribution is 5.80. The van der Waals surface area contributed by atoms with E-state index < -0.39 is 11.9 Å². The summed E-state index contributed by atoms with van der Waals surface area (Å²) in [6, 6.07) is 4.55. The number of benzene rings is 1. The van der Waals surface area contributed by atoms with Crippen LogP contribution in [0.2, 0.25) is 0 Å². The summed E-state index contributed by atoms with van der Waals surface area (Å²) < 4.78 is 18.6. The van der Waals surface area contributed by atoms with Crippen LogP contribution in [0.3, 0.4) is 0 Å². The Hall–Kier alpha value is -1.58. The fraction of sp³-hybridized carbons (Fsp3) is 0.417. The smallest absolute Gasteiger partial charge is 0.260 e. The van der Waals surface area contributed by atoms with E-state index in [1.165, 1.54) is 6.07 Å². The predicted octanol–water partition coefficient (Wildman–Crippen LogP) is 2.04. The Kier molecular flexibility index (Phi) is 4.28. The summed E-state index contributed by atoms with van der Waals surface area (Å²) >= 11 is 0. The number of rotatable bonds is 4. The van der Waals surface area contributed by atoms with Gasteiger partial charge in [0.2, 0.25) is 0 Å². The third-order valence-electron chi connectivity index (χ3n) is 2.11. The van der Waals surface area contributed by atoms with Gasteiger partial charge in [-0.05, 0) is 38.5 Å². The average Bonchev–Trinajstić information content (AvgIpc) is 2.23. The Morgan fingerprint density at radius 1 is 1.56 bits per heavy atom. The molecule has 88 valence electrons. The van der Waals surface area contributed by atoms with Gasteiger partial charge in [-0.15, -0.1) is 0 Å². The molecule has 1 atom stereocenters. The molecule has 0 spiro atoms. The zero-order valence-corrected chi connectivity index (χ0v) is 9.71.